The van der Waals surface area contributed by atoms with Crippen molar-refractivity contribution < 1.29 is 13.9 Å². The molecular weight excluding hydrogens is 243 g/mol. The molecule has 0 aromatic carbocycles. The van der Waals surface area contributed by atoms with Gasteiger partial charge in [0.05, 0.1) is 0 Å². The van der Waals surface area contributed by atoms with Gasteiger partial charge >= 0.3 is 5.97 Å². The maximum absolute atomic E-state index is 14.6. The van der Waals surface area contributed by atoms with Crippen LogP contribution in [-0.2, 0) is 9.53 Å². The smallest absolute Gasteiger partial charge is 0.308 e. The van der Waals surface area contributed by atoms with Gasteiger partial charge in [0.15, 0.2) is 0 Å². The third-order valence-corrected chi connectivity index (χ3v) is 5.47. The van der Waals surface area contributed by atoms with Crippen LogP contribution in [0.3, 0.4) is 0 Å². The summed E-state index contributed by atoms with van der Waals surface area (Å²) in [5, 5.41) is 0. The van der Waals surface area contributed by atoms with Crippen molar-refractivity contribution in [2.24, 2.45) is 23.2 Å². The standard InChI is InChI=1S/C16H25FO2/c1-3-14(18)19-15(2,17)10-16-7-11-4-12(8-16)6-13(5-11)9-16/h11-13H,3-10H2,1-2H3. The molecule has 4 aliphatic carbocycles. The molecule has 0 spiro atoms. The van der Waals surface area contributed by atoms with Gasteiger partial charge in [-0.05, 0) is 61.7 Å². The van der Waals surface area contributed by atoms with E-state index in [-0.39, 0.29) is 11.8 Å². The van der Waals surface area contributed by atoms with Crippen LogP contribution in [0.25, 0.3) is 0 Å². The van der Waals surface area contributed by atoms with Crippen LogP contribution in [0, 0.1) is 23.2 Å². The summed E-state index contributed by atoms with van der Waals surface area (Å²) >= 11 is 0. The van der Waals surface area contributed by atoms with Crippen LogP contribution in [0.5, 0.6) is 0 Å². The van der Waals surface area contributed by atoms with Gasteiger partial charge in [0.2, 0.25) is 5.85 Å². The molecule has 1 atom stereocenters. The van der Waals surface area contributed by atoms with Gasteiger partial charge in [0.1, 0.15) is 0 Å². The maximum Gasteiger partial charge on any atom is 0.308 e. The van der Waals surface area contributed by atoms with Gasteiger partial charge in [-0.15, -0.1) is 0 Å². The van der Waals surface area contributed by atoms with Gasteiger partial charge in [-0.25, -0.2) is 0 Å². The van der Waals surface area contributed by atoms with E-state index in [1.807, 2.05) is 0 Å². The Morgan fingerprint density at radius 1 is 1.21 bits per heavy atom. The number of carbonyl (C=O) groups excluding carboxylic acids is 1. The number of esters is 1. The third kappa shape index (κ3) is 2.66. The Bertz CT molecular complexity index is 340. The summed E-state index contributed by atoms with van der Waals surface area (Å²) in [5.41, 5.74) is 0.117. The summed E-state index contributed by atoms with van der Waals surface area (Å²) < 4.78 is 19.6. The average Bonchev–Trinajstić information content (AvgIpc) is 2.24. The first-order valence-electron chi connectivity index (χ1n) is 7.80. The van der Waals surface area contributed by atoms with E-state index in [2.05, 4.69) is 0 Å². The van der Waals surface area contributed by atoms with Crippen molar-refractivity contribution in [3.05, 3.63) is 0 Å². The molecule has 4 aliphatic rings. The first-order valence-corrected chi connectivity index (χ1v) is 7.80. The lowest BCUT2D eigenvalue weighted by Crippen LogP contribution is -2.49. The zero-order valence-electron chi connectivity index (χ0n) is 12.1. The molecule has 0 aliphatic heterocycles. The van der Waals surface area contributed by atoms with Crippen molar-refractivity contribution in [3.63, 3.8) is 0 Å². The second-order valence-electron chi connectivity index (χ2n) is 7.52. The Morgan fingerprint density at radius 3 is 2.11 bits per heavy atom. The predicted octanol–water partition coefficient (Wildman–Crippen LogP) is 4.23. The summed E-state index contributed by atoms with van der Waals surface area (Å²) in [6.45, 7) is 3.16. The van der Waals surface area contributed by atoms with E-state index >= 15 is 0 Å². The summed E-state index contributed by atoms with van der Waals surface area (Å²) in [4.78, 5) is 11.4. The molecule has 2 nitrogen and oxygen atoms in total. The van der Waals surface area contributed by atoms with Gasteiger partial charge in [0, 0.05) is 19.8 Å². The SMILES string of the molecule is CCC(=O)OC(C)(F)CC12CC3CC(CC(C3)C1)C2. The number of hydrogen-bond acceptors (Lipinski definition) is 2. The Balaban J connectivity index is 1.70. The molecule has 1 unspecified atom stereocenters. The molecule has 4 saturated carbocycles. The molecule has 0 radical (unpaired) electrons. The van der Waals surface area contributed by atoms with E-state index < -0.39 is 11.8 Å². The number of hydrogen-bond donors (Lipinski definition) is 0. The van der Waals surface area contributed by atoms with Crippen molar-refractivity contribution in [1.82, 2.24) is 0 Å². The van der Waals surface area contributed by atoms with Gasteiger partial charge in [-0.1, -0.05) is 6.92 Å². The van der Waals surface area contributed by atoms with Crippen LogP contribution in [0.1, 0.15) is 65.2 Å². The minimum atomic E-state index is -1.78. The van der Waals surface area contributed by atoms with Crippen molar-refractivity contribution in [1.29, 1.82) is 0 Å². The summed E-state index contributed by atoms with van der Waals surface area (Å²) in [6, 6.07) is 0. The highest BCUT2D eigenvalue weighted by molar-refractivity contribution is 5.69. The topological polar surface area (TPSA) is 26.3 Å². The largest absolute Gasteiger partial charge is 0.429 e. The molecule has 0 amide bonds. The summed E-state index contributed by atoms with van der Waals surface area (Å²) in [5.74, 6) is 0.227. The molecule has 19 heavy (non-hydrogen) atoms. The lowest BCUT2D eigenvalue weighted by atomic mass is 9.48. The monoisotopic (exact) mass is 268 g/mol. The number of ether oxygens (including phenoxy) is 1. The molecule has 4 fully saturated rings. The quantitative estimate of drug-likeness (QED) is 0.713. The van der Waals surface area contributed by atoms with Gasteiger partial charge in [-0.3, -0.25) is 4.79 Å². The molecular formula is C16H25FO2. The van der Waals surface area contributed by atoms with Gasteiger partial charge in [0.25, 0.3) is 0 Å². The van der Waals surface area contributed by atoms with E-state index in [4.69, 9.17) is 4.74 Å². The fraction of sp³-hybridized carbons (Fsp3) is 0.938. The fourth-order valence-corrected chi connectivity index (χ4v) is 5.52. The second kappa shape index (κ2) is 4.46. The van der Waals surface area contributed by atoms with Crippen molar-refractivity contribution in [2.75, 3.05) is 0 Å². The van der Waals surface area contributed by atoms with Crippen LogP contribution >= 0.6 is 0 Å². The normalized spacial score (nSPS) is 43.0. The molecule has 0 saturated heterocycles. The first kappa shape index (κ1) is 13.4. The predicted molar refractivity (Wildman–Crippen MR) is 71.1 cm³/mol. The molecule has 0 aromatic heterocycles. The molecule has 0 heterocycles. The summed E-state index contributed by atoms with van der Waals surface area (Å²) in [6.07, 6.45) is 8.20. The van der Waals surface area contributed by atoms with E-state index in [9.17, 15) is 9.18 Å². The second-order valence-corrected chi connectivity index (χ2v) is 7.52. The molecule has 0 aromatic rings. The van der Waals surface area contributed by atoms with Gasteiger partial charge in [-0.2, -0.15) is 4.39 Å². The Labute approximate surface area is 115 Å². The van der Waals surface area contributed by atoms with Crippen molar-refractivity contribution in [3.8, 4) is 0 Å². The first-order chi connectivity index (χ1) is 8.90. The van der Waals surface area contributed by atoms with Gasteiger partial charge < -0.3 is 4.74 Å². The van der Waals surface area contributed by atoms with Crippen molar-refractivity contribution >= 4 is 5.97 Å². The van der Waals surface area contributed by atoms with Crippen LogP contribution in [0.15, 0.2) is 0 Å². The zero-order valence-corrected chi connectivity index (χ0v) is 12.1. The molecule has 0 N–H and O–H groups in total. The average molecular weight is 268 g/mol. The van der Waals surface area contributed by atoms with Crippen molar-refractivity contribution in [2.45, 2.75) is 71.1 Å². The number of carbonyl (C=O) groups is 1. The lowest BCUT2D eigenvalue weighted by molar-refractivity contribution is -0.195. The Morgan fingerprint density at radius 2 is 1.68 bits per heavy atom. The van der Waals surface area contributed by atoms with E-state index in [1.54, 1.807) is 6.92 Å². The maximum atomic E-state index is 14.6. The number of halogens is 1. The highest BCUT2D eigenvalue weighted by atomic mass is 19.2. The molecule has 4 bridgehead atoms. The van der Waals surface area contributed by atoms with E-state index in [0.717, 1.165) is 37.0 Å². The van der Waals surface area contributed by atoms with E-state index in [1.165, 1.54) is 26.2 Å². The molecule has 4 rings (SSSR count). The van der Waals surface area contributed by atoms with Crippen LogP contribution < -0.4 is 0 Å². The number of rotatable bonds is 4. The highest BCUT2D eigenvalue weighted by Gasteiger charge is 2.53. The third-order valence-electron chi connectivity index (χ3n) is 5.47. The van der Waals surface area contributed by atoms with E-state index in [0.29, 0.717) is 6.42 Å². The Kier molecular flexibility index (Phi) is 3.14. The zero-order chi connectivity index (χ0) is 13.7. The Hall–Kier alpha value is -0.600. The van der Waals surface area contributed by atoms with Crippen LogP contribution in [0.2, 0.25) is 0 Å². The number of alkyl halides is 1. The minimum Gasteiger partial charge on any atom is -0.429 e. The molecule has 3 heteroatoms. The lowest BCUT2D eigenvalue weighted by Gasteiger charge is -2.57. The highest BCUT2D eigenvalue weighted by Crippen LogP contribution is 2.62. The fourth-order valence-electron chi connectivity index (χ4n) is 5.52. The summed E-state index contributed by atoms with van der Waals surface area (Å²) in [7, 11) is 0. The minimum absolute atomic E-state index is 0.117. The van der Waals surface area contributed by atoms with Crippen LogP contribution in [-0.4, -0.2) is 11.8 Å². The van der Waals surface area contributed by atoms with Crippen LogP contribution in [0.4, 0.5) is 4.39 Å². The molecule has 108 valence electrons.